The van der Waals surface area contributed by atoms with Crippen LogP contribution in [-0.4, -0.2) is 36.5 Å². The molecule has 0 fully saturated rings. The van der Waals surface area contributed by atoms with Crippen LogP contribution in [0.1, 0.15) is 66.2 Å². The molecule has 17 heavy (non-hydrogen) atoms. The van der Waals surface area contributed by atoms with Crippen molar-refractivity contribution in [1.82, 2.24) is 0 Å². The zero-order valence-corrected chi connectivity index (χ0v) is 14.5. The second-order valence-electron chi connectivity index (χ2n) is 4.89. The van der Waals surface area contributed by atoms with Gasteiger partial charge in [-0.15, -0.1) is 0 Å². The Morgan fingerprint density at radius 1 is 0.647 bits per heavy atom. The summed E-state index contributed by atoms with van der Waals surface area (Å²) in [4.78, 5) is 0. The summed E-state index contributed by atoms with van der Waals surface area (Å²) < 4.78 is 1.38. The van der Waals surface area contributed by atoms with E-state index in [-0.39, 0.29) is 0 Å². The standard InChI is InChI=1S/C14H32N.CH3Br/c1-5-9-12-15(8-4,13-10-6-2)14-11-7-3;1-2/h5-14H2,1-4H3;1H3/q+1;. The maximum absolute atomic E-state index is 2.94. The van der Waals surface area contributed by atoms with Gasteiger partial charge in [0.25, 0.3) is 0 Å². The normalized spacial score (nSPS) is 10.9. The van der Waals surface area contributed by atoms with Crippen LogP contribution < -0.4 is 0 Å². The molecule has 0 N–H and O–H groups in total. The number of alkyl halides is 1. The van der Waals surface area contributed by atoms with Crippen LogP contribution in [-0.2, 0) is 0 Å². The molecule has 0 heterocycles. The first-order chi connectivity index (χ1) is 8.24. The summed E-state index contributed by atoms with van der Waals surface area (Å²) in [6, 6.07) is 0. The number of unbranched alkanes of at least 4 members (excludes halogenated alkanes) is 3. The molecule has 0 radical (unpaired) electrons. The van der Waals surface area contributed by atoms with Crippen molar-refractivity contribution in [2.24, 2.45) is 0 Å². The van der Waals surface area contributed by atoms with Gasteiger partial charge in [-0.05, 0) is 32.0 Å². The minimum atomic E-state index is 1.33. The molecule has 0 aromatic rings. The zero-order valence-electron chi connectivity index (χ0n) is 12.9. The molecule has 0 aromatic carbocycles. The van der Waals surface area contributed by atoms with Crippen molar-refractivity contribution in [3.8, 4) is 0 Å². The predicted octanol–water partition coefficient (Wildman–Crippen LogP) is 5.23. The lowest BCUT2D eigenvalue weighted by molar-refractivity contribution is -0.927. The van der Waals surface area contributed by atoms with Crippen molar-refractivity contribution >= 4 is 15.9 Å². The van der Waals surface area contributed by atoms with E-state index in [1.165, 1.54) is 69.2 Å². The number of nitrogens with zero attached hydrogens (tertiary/aromatic N) is 1. The number of hydrogen-bond donors (Lipinski definition) is 0. The molecule has 0 aliphatic carbocycles. The molecule has 0 rings (SSSR count). The van der Waals surface area contributed by atoms with Gasteiger partial charge in [-0.25, -0.2) is 0 Å². The first kappa shape index (κ1) is 19.8. The van der Waals surface area contributed by atoms with E-state index in [0.29, 0.717) is 0 Å². The van der Waals surface area contributed by atoms with Crippen molar-refractivity contribution in [2.45, 2.75) is 66.2 Å². The number of halogens is 1. The van der Waals surface area contributed by atoms with E-state index >= 15 is 0 Å². The van der Waals surface area contributed by atoms with Gasteiger partial charge in [-0.1, -0.05) is 56.0 Å². The summed E-state index contributed by atoms with van der Waals surface area (Å²) in [6.07, 6.45) is 8.25. The second-order valence-corrected chi connectivity index (χ2v) is 4.89. The van der Waals surface area contributed by atoms with Gasteiger partial charge in [0.2, 0.25) is 0 Å². The largest absolute Gasteiger partial charge is 0.324 e. The molecule has 0 aromatic heterocycles. The Kier molecular flexibility index (Phi) is 16.9. The predicted molar refractivity (Wildman–Crippen MR) is 85.0 cm³/mol. The lowest BCUT2D eigenvalue weighted by atomic mass is 10.1. The summed E-state index contributed by atoms with van der Waals surface area (Å²) in [7, 11) is 0. The Hall–Kier alpha value is 0.440. The van der Waals surface area contributed by atoms with Crippen LogP contribution in [0.4, 0.5) is 0 Å². The Balaban J connectivity index is 0. The highest BCUT2D eigenvalue weighted by Gasteiger charge is 2.22. The van der Waals surface area contributed by atoms with Crippen LogP contribution in [0.2, 0.25) is 0 Å². The Labute approximate surface area is 119 Å². The molecule has 0 atom stereocenters. The maximum atomic E-state index is 2.94. The van der Waals surface area contributed by atoms with Gasteiger partial charge in [0, 0.05) is 0 Å². The number of hydrogen-bond acceptors (Lipinski definition) is 0. The molecule has 0 saturated carbocycles. The Morgan fingerprint density at radius 2 is 0.941 bits per heavy atom. The summed E-state index contributed by atoms with van der Waals surface area (Å²) in [5.41, 5.74) is 0. The van der Waals surface area contributed by atoms with Crippen LogP contribution in [0.15, 0.2) is 0 Å². The van der Waals surface area contributed by atoms with Gasteiger partial charge in [-0.2, -0.15) is 0 Å². The lowest BCUT2D eigenvalue weighted by Gasteiger charge is -2.38. The van der Waals surface area contributed by atoms with Crippen LogP contribution >= 0.6 is 15.9 Å². The summed E-state index contributed by atoms with van der Waals surface area (Å²) >= 11 is 2.94. The zero-order chi connectivity index (χ0) is 13.6. The van der Waals surface area contributed by atoms with Crippen LogP contribution in [0.5, 0.6) is 0 Å². The fraction of sp³-hybridized carbons (Fsp3) is 1.00. The third kappa shape index (κ3) is 10.1. The van der Waals surface area contributed by atoms with Gasteiger partial charge < -0.3 is 4.48 Å². The van der Waals surface area contributed by atoms with Gasteiger partial charge in [-0.3, -0.25) is 0 Å². The monoisotopic (exact) mass is 308 g/mol. The SMILES string of the molecule is CBr.CCCC[N+](CC)(CCCC)CCCC. The molecule has 106 valence electrons. The summed E-state index contributed by atoms with van der Waals surface area (Å²) in [6.45, 7) is 14.9. The van der Waals surface area contributed by atoms with Gasteiger partial charge in [0.15, 0.2) is 0 Å². The quantitative estimate of drug-likeness (QED) is 0.383. The third-order valence-electron chi connectivity index (χ3n) is 3.63. The first-order valence-corrected chi connectivity index (χ1v) is 9.06. The van der Waals surface area contributed by atoms with Crippen LogP contribution in [0.25, 0.3) is 0 Å². The van der Waals surface area contributed by atoms with Crippen molar-refractivity contribution in [2.75, 3.05) is 32.0 Å². The Bertz CT molecular complexity index is 115. The molecule has 0 aliphatic rings. The topological polar surface area (TPSA) is 0 Å². The fourth-order valence-electron chi connectivity index (χ4n) is 2.29. The molecule has 0 bridgehead atoms. The molecule has 0 unspecified atom stereocenters. The van der Waals surface area contributed by atoms with E-state index in [1.807, 2.05) is 5.83 Å². The van der Waals surface area contributed by atoms with E-state index in [0.717, 1.165) is 0 Å². The fourth-order valence-corrected chi connectivity index (χ4v) is 2.29. The summed E-state index contributed by atoms with van der Waals surface area (Å²) in [5, 5.41) is 0. The van der Waals surface area contributed by atoms with Crippen molar-refractivity contribution in [3.63, 3.8) is 0 Å². The van der Waals surface area contributed by atoms with Crippen LogP contribution in [0.3, 0.4) is 0 Å². The smallest absolute Gasteiger partial charge is 0.0786 e. The van der Waals surface area contributed by atoms with Crippen LogP contribution in [0, 0.1) is 0 Å². The Morgan fingerprint density at radius 3 is 1.12 bits per heavy atom. The van der Waals surface area contributed by atoms with Gasteiger partial charge in [0.1, 0.15) is 0 Å². The highest BCUT2D eigenvalue weighted by Crippen LogP contribution is 2.14. The molecule has 0 amide bonds. The molecular formula is C15H35BrN+. The molecule has 0 aliphatic heterocycles. The maximum Gasteiger partial charge on any atom is 0.0786 e. The molecule has 0 spiro atoms. The van der Waals surface area contributed by atoms with E-state index in [9.17, 15) is 0 Å². The minimum absolute atomic E-state index is 1.33. The second kappa shape index (κ2) is 14.5. The number of quaternary nitrogens is 1. The number of rotatable bonds is 10. The van der Waals surface area contributed by atoms with Crippen molar-refractivity contribution in [1.29, 1.82) is 0 Å². The highest BCUT2D eigenvalue weighted by atomic mass is 79.9. The molecule has 0 saturated heterocycles. The van der Waals surface area contributed by atoms with E-state index in [1.54, 1.807) is 0 Å². The van der Waals surface area contributed by atoms with E-state index in [2.05, 4.69) is 43.6 Å². The van der Waals surface area contributed by atoms with Gasteiger partial charge >= 0.3 is 0 Å². The van der Waals surface area contributed by atoms with Crippen molar-refractivity contribution < 1.29 is 4.48 Å². The third-order valence-corrected chi connectivity index (χ3v) is 3.63. The van der Waals surface area contributed by atoms with Crippen molar-refractivity contribution in [3.05, 3.63) is 0 Å². The molecule has 2 heteroatoms. The average molecular weight is 309 g/mol. The lowest BCUT2D eigenvalue weighted by Crippen LogP contribution is -2.49. The average Bonchev–Trinajstić information content (AvgIpc) is 2.41. The summed E-state index contributed by atoms with van der Waals surface area (Å²) in [5.74, 6) is 1.81. The minimum Gasteiger partial charge on any atom is -0.324 e. The van der Waals surface area contributed by atoms with E-state index < -0.39 is 0 Å². The molecular weight excluding hydrogens is 274 g/mol. The van der Waals surface area contributed by atoms with Gasteiger partial charge in [0.05, 0.1) is 26.2 Å². The highest BCUT2D eigenvalue weighted by molar-refractivity contribution is 9.08. The van der Waals surface area contributed by atoms with E-state index in [4.69, 9.17) is 0 Å². The first-order valence-electron chi connectivity index (χ1n) is 7.47. The molecule has 1 nitrogen and oxygen atoms in total.